The van der Waals surface area contributed by atoms with Gasteiger partial charge in [0.1, 0.15) is 5.75 Å². The second-order valence-corrected chi connectivity index (χ2v) is 4.86. The Morgan fingerprint density at radius 2 is 2.05 bits per heavy atom. The summed E-state index contributed by atoms with van der Waals surface area (Å²) in [6.45, 7) is 4.58. The first kappa shape index (κ1) is 16.8. The Balaban J connectivity index is 0.00000200. The Morgan fingerprint density at radius 3 is 2.75 bits per heavy atom. The van der Waals surface area contributed by atoms with E-state index in [1.165, 1.54) is 0 Å². The number of hydrogen-bond acceptors (Lipinski definition) is 3. The van der Waals surface area contributed by atoms with E-state index in [0.717, 1.165) is 43.8 Å². The van der Waals surface area contributed by atoms with Crippen LogP contribution in [0.15, 0.2) is 24.3 Å². The highest BCUT2D eigenvalue weighted by atomic mass is 35.5. The molecule has 0 aliphatic carbocycles. The zero-order valence-corrected chi connectivity index (χ0v) is 12.7. The Labute approximate surface area is 126 Å². The number of para-hydroxylation sites is 2. The van der Waals surface area contributed by atoms with Crippen molar-refractivity contribution in [2.45, 2.75) is 26.2 Å². The molecule has 0 atom stereocenters. The molecule has 0 radical (unpaired) electrons. The maximum absolute atomic E-state index is 12.2. The lowest BCUT2D eigenvalue weighted by atomic mass is 9.97. The van der Waals surface area contributed by atoms with E-state index in [9.17, 15) is 4.79 Å². The lowest BCUT2D eigenvalue weighted by Gasteiger charge is -2.22. The number of benzene rings is 1. The van der Waals surface area contributed by atoms with Crippen LogP contribution in [0.2, 0.25) is 0 Å². The molecule has 1 aromatic carbocycles. The smallest absolute Gasteiger partial charge is 0.227 e. The van der Waals surface area contributed by atoms with Crippen molar-refractivity contribution in [3.8, 4) is 5.75 Å². The van der Waals surface area contributed by atoms with Gasteiger partial charge in [0.15, 0.2) is 0 Å². The number of ether oxygens (including phenoxy) is 1. The molecule has 0 saturated carbocycles. The number of carbonyl (C=O) groups is 1. The Hall–Kier alpha value is -1.26. The predicted molar refractivity (Wildman–Crippen MR) is 83.7 cm³/mol. The fourth-order valence-electron chi connectivity index (χ4n) is 2.23. The summed E-state index contributed by atoms with van der Waals surface area (Å²) in [5.41, 5.74) is 0.777. The third-order valence-corrected chi connectivity index (χ3v) is 3.32. The van der Waals surface area contributed by atoms with Crippen molar-refractivity contribution in [3.63, 3.8) is 0 Å². The van der Waals surface area contributed by atoms with E-state index in [4.69, 9.17) is 4.74 Å². The molecule has 0 aromatic heterocycles. The lowest BCUT2D eigenvalue weighted by Crippen LogP contribution is -2.34. The number of halogens is 1. The molecule has 1 aromatic rings. The van der Waals surface area contributed by atoms with Crippen molar-refractivity contribution in [1.29, 1.82) is 0 Å². The monoisotopic (exact) mass is 298 g/mol. The van der Waals surface area contributed by atoms with E-state index in [1.54, 1.807) is 0 Å². The van der Waals surface area contributed by atoms with Gasteiger partial charge in [-0.05, 0) is 44.5 Å². The first-order valence-electron chi connectivity index (χ1n) is 7.04. The molecule has 1 heterocycles. The molecule has 20 heavy (non-hydrogen) atoms. The summed E-state index contributed by atoms with van der Waals surface area (Å²) < 4.78 is 5.65. The van der Waals surface area contributed by atoms with Crippen LogP contribution < -0.4 is 15.4 Å². The van der Waals surface area contributed by atoms with Crippen molar-refractivity contribution in [1.82, 2.24) is 5.32 Å². The summed E-state index contributed by atoms with van der Waals surface area (Å²) in [4.78, 5) is 12.2. The highest BCUT2D eigenvalue weighted by Crippen LogP contribution is 2.25. The molecule has 1 fully saturated rings. The van der Waals surface area contributed by atoms with Crippen molar-refractivity contribution in [2.24, 2.45) is 5.92 Å². The number of nitrogens with one attached hydrogen (secondary N) is 2. The number of amides is 1. The summed E-state index contributed by atoms with van der Waals surface area (Å²) in [5.74, 6) is 0.973. The number of piperidine rings is 1. The molecular formula is C15H23ClN2O2. The molecule has 1 amide bonds. The van der Waals surface area contributed by atoms with E-state index in [0.29, 0.717) is 6.61 Å². The largest absolute Gasteiger partial charge is 0.491 e. The molecule has 2 rings (SSSR count). The van der Waals surface area contributed by atoms with E-state index in [2.05, 4.69) is 17.6 Å². The van der Waals surface area contributed by atoms with Crippen LogP contribution in [0.5, 0.6) is 5.75 Å². The quantitative estimate of drug-likeness (QED) is 0.879. The standard InChI is InChI=1S/C15H22N2O2.ClH/c1-2-11-19-14-6-4-3-5-13(14)17-15(18)12-7-9-16-10-8-12;/h3-6,12,16H,2,7-11H2,1H3,(H,17,18);1H. The van der Waals surface area contributed by atoms with Gasteiger partial charge in [0.05, 0.1) is 12.3 Å². The molecule has 4 nitrogen and oxygen atoms in total. The molecular weight excluding hydrogens is 276 g/mol. The van der Waals surface area contributed by atoms with Gasteiger partial charge in [-0.15, -0.1) is 12.4 Å². The summed E-state index contributed by atoms with van der Waals surface area (Å²) in [6, 6.07) is 7.62. The minimum absolute atomic E-state index is 0. The van der Waals surface area contributed by atoms with Crippen LogP contribution in [0.25, 0.3) is 0 Å². The second-order valence-electron chi connectivity index (χ2n) is 4.86. The third kappa shape index (κ3) is 4.69. The van der Waals surface area contributed by atoms with E-state index in [-0.39, 0.29) is 24.2 Å². The minimum atomic E-state index is 0. The van der Waals surface area contributed by atoms with Crippen LogP contribution in [-0.2, 0) is 4.79 Å². The van der Waals surface area contributed by atoms with Crippen LogP contribution >= 0.6 is 12.4 Å². The molecule has 2 N–H and O–H groups in total. The van der Waals surface area contributed by atoms with Gasteiger partial charge in [0.25, 0.3) is 0 Å². The molecule has 1 aliphatic rings. The molecule has 1 aliphatic heterocycles. The van der Waals surface area contributed by atoms with Crippen LogP contribution in [0.4, 0.5) is 5.69 Å². The summed E-state index contributed by atoms with van der Waals surface area (Å²) in [5, 5.41) is 6.27. The highest BCUT2D eigenvalue weighted by Gasteiger charge is 2.21. The number of hydrogen-bond donors (Lipinski definition) is 2. The SMILES string of the molecule is CCCOc1ccccc1NC(=O)C1CCNCC1.Cl. The Bertz CT molecular complexity index is 420. The van der Waals surface area contributed by atoms with Crippen LogP contribution in [-0.4, -0.2) is 25.6 Å². The average molecular weight is 299 g/mol. The van der Waals surface area contributed by atoms with Gasteiger partial charge in [-0.1, -0.05) is 19.1 Å². The van der Waals surface area contributed by atoms with Crippen molar-refractivity contribution >= 4 is 24.0 Å². The van der Waals surface area contributed by atoms with Crippen LogP contribution in [0.1, 0.15) is 26.2 Å². The molecule has 0 unspecified atom stereocenters. The van der Waals surface area contributed by atoms with Crippen molar-refractivity contribution in [2.75, 3.05) is 25.0 Å². The van der Waals surface area contributed by atoms with Crippen LogP contribution in [0, 0.1) is 5.92 Å². The van der Waals surface area contributed by atoms with E-state index >= 15 is 0 Å². The summed E-state index contributed by atoms with van der Waals surface area (Å²) in [7, 11) is 0. The zero-order valence-electron chi connectivity index (χ0n) is 11.9. The molecule has 0 spiro atoms. The zero-order chi connectivity index (χ0) is 13.5. The van der Waals surface area contributed by atoms with E-state index < -0.39 is 0 Å². The van der Waals surface area contributed by atoms with Gasteiger partial charge >= 0.3 is 0 Å². The molecule has 1 saturated heterocycles. The average Bonchev–Trinajstić information content (AvgIpc) is 2.47. The number of carbonyl (C=O) groups excluding carboxylic acids is 1. The summed E-state index contributed by atoms with van der Waals surface area (Å²) >= 11 is 0. The molecule has 5 heteroatoms. The number of rotatable bonds is 5. The fraction of sp³-hybridized carbons (Fsp3) is 0.533. The second kappa shape index (κ2) is 8.82. The van der Waals surface area contributed by atoms with Gasteiger partial charge < -0.3 is 15.4 Å². The molecule has 0 bridgehead atoms. The van der Waals surface area contributed by atoms with Crippen molar-refractivity contribution in [3.05, 3.63) is 24.3 Å². The summed E-state index contributed by atoms with van der Waals surface area (Å²) in [6.07, 6.45) is 2.77. The normalized spacial score (nSPS) is 15.2. The minimum Gasteiger partial charge on any atom is -0.491 e. The Morgan fingerprint density at radius 1 is 1.35 bits per heavy atom. The molecule has 112 valence electrons. The van der Waals surface area contributed by atoms with Gasteiger partial charge in [-0.2, -0.15) is 0 Å². The first-order valence-corrected chi connectivity index (χ1v) is 7.04. The number of anilines is 1. The van der Waals surface area contributed by atoms with Crippen molar-refractivity contribution < 1.29 is 9.53 Å². The Kier molecular flexibility index (Phi) is 7.41. The maximum Gasteiger partial charge on any atom is 0.227 e. The van der Waals surface area contributed by atoms with Crippen LogP contribution in [0.3, 0.4) is 0 Å². The van der Waals surface area contributed by atoms with E-state index in [1.807, 2.05) is 24.3 Å². The van der Waals surface area contributed by atoms with Gasteiger partial charge in [0.2, 0.25) is 5.91 Å². The van der Waals surface area contributed by atoms with Gasteiger partial charge in [0, 0.05) is 5.92 Å². The third-order valence-electron chi connectivity index (χ3n) is 3.32. The van der Waals surface area contributed by atoms with Gasteiger partial charge in [-0.3, -0.25) is 4.79 Å². The predicted octanol–water partition coefficient (Wildman–Crippen LogP) is 2.84. The van der Waals surface area contributed by atoms with Gasteiger partial charge in [-0.25, -0.2) is 0 Å². The fourth-order valence-corrected chi connectivity index (χ4v) is 2.23. The first-order chi connectivity index (χ1) is 9.31. The lowest BCUT2D eigenvalue weighted by molar-refractivity contribution is -0.120. The highest BCUT2D eigenvalue weighted by molar-refractivity contribution is 5.94. The topological polar surface area (TPSA) is 50.4 Å². The maximum atomic E-state index is 12.2.